The third-order valence-electron chi connectivity index (χ3n) is 5.48. The maximum absolute atomic E-state index is 12.8. The maximum Gasteiger partial charge on any atom is 0.244 e. The van der Waals surface area contributed by atoms with Crippen molar-refractivity contribution in [3.8, 4) is 5.75 Å². The van der Waals surface area contributed by atoms with Crippen molar-refractivity contribution < 1.29 is 19.1 Å². The Labute approximate surface area is 175 Å². The van der Waals surface area contributed by atoms with Crippen LogP contribution in [0, 0.1) is 0 Å². The summed E-state index contributed by atoms with van der Waals surface area (Å²) < 4.78 is 5.56. The van der Waals surface area contributed by atoms with Gasteiger partial charge in [0, 0.05) is 25.9 Å². The Morgan fingerprint density at radius 1 is 1.03 bits per heavy atom. The van der Waals surface area contributed by atoms with E-state index in [4.69, 9.17) is 4.74 Å². The first-order valence-electron chi connectivity index (χ1n) is 10.3. The van der Waals surface area contributed by atoms with Crippen LogP contribution in [0.15, 0.2) is 42.5 Å². The summed E-state index contributed by atoms with van der Waals surface area (Å²) in [5.74, 6) is 0.307. The van der Waals surface area contributed by atoms with E-state index in [2.05, 4.69) is 11.4 Å². The quantitative estimate of drug-likeness (QED) is 0.827. The zero-order valence-corrected chi connectivity index (χ0v) is 17.0. The molecule has 30 heavy (non-hydrogen) atoms. The van der Waals surface area contributed by atoms with Gasteiger partial charge in [-0.1, -0.05) is 18.2 Å². The number of para-hydroxylation sites is 2. The molecular formula is C23H25N3O4. The van der Waals surface area contributed by atoms with E-state index in [1.54, 1.807) is 17.0 Å². The number of rotatable bonds is 5. The van der Waals surface area contributed by atoms with Gasteiger partial charge in [-0.15, -0.1) is 0 Å². The minimum atomic E-state index is -0.230. The number of fused-ring (bicyclic) bond motifs is 2. The zero-order chi connectivity index (χ0) is 21.1. The molecule has 0 spiro atoms. The van der Waals surface area contributed by atoms with Gasteiger partial charge in [-0.05, 0) is 48.7 Å². The average molecular weight is 407 g/mol. The Kier molecular flexibility index (Phi) is 5.70. The molecule has 0 radical (unpaired) electrons. The summed E-state index contributed by atoms with van der Waals surface area (Å²) >= 11 is 0. The van der Waals surface area contributed by atoms with Crippen molar-refractivity contribution in [1.29, 1.82) is 0 Å². The van der Waals surface area contributed by atoms with Crippen molar-refractivity contribution in [3.05, 3.63) is 53.6 Å². The Hall–Kier alpha value is -3.35. The molecule has 0 atom stereocenters. The summed E-state index contributed by atoms with van der Waals surface area (Å²) in [6.45, 7) is 3.68. The Balaban J connectivity index is 1.38. The molecule has 4 rings (SSSR count). The van der Waals surface area contributed by atoms with Crippen LogP contribution >= 0.6 is 0 Å². The lowest BCUT2D eigenvalue weighted by Crippen LogP contribution is -2.43. The summed E-state index contributed by atoms with van der Waals surface area (Å²) in [5, 5.41) is 2.77. The highest BCUT2D eigenvalue weighted by molar-refractivity contribution is 6.10. The van der Waals surface area contributed by atoms with Crippen LogP contribution in [0.25, 0.3) is 0 Å². The van der Waals surface area contributed by atoms with Gasteiger partial charge in [0.2, 0.25) is 17.7 Å². The van der Waals surface area contributed by atoms with Crippen LogP contribution in [0.4, 0.5) is 11.4 Å². The SMILES string of the molecule is CCOc1ccc2c(c1)CN(C(=O)CCC(=O)N1CC(=O)Nc3ccccc31)CC2. The first kappa shape index (κ1) is 19.9. The lowest BCUT2D eigenvalue weighted by molar-refractivity contribution is -0.134. The maximum atomic E-state index is 12.8. The normalized spacial score (nSPS) is 15.2. The number of nitrogens with zero attached hydrogens (tertiary/aromatic N) is 2. The molecule has 0 aliphatic carbocycles. The Bertz CT molecular complexity index is 988. The smallest absolute Gasteiger partial charge is 0.244 e. The fraction of sp³-hybridized carbons (Fsp3) is 0.348. The van der Waals surface area contributed by atoms with E-state index in [0.29, 0.717) is 31.1 Å². The fourth-order valence-corrected chi connectivity index (χ4v) is 3.97. The molecule has 2 aromatic rings. The Morgan fingerprint density at radius 2 is 1.83 bits per heavy atom. The van der Waals surface area contributed by atoms with Gasteiger partial charge < -0.3 is 19.9 Å². The zero-order valence-electron chi connectivity index (χ0n) is 17.0. The van der Waals surface area contributed by atoms with Crippen molar-refractivity contribution in [2.24, 2.45) is 0 Å². The van der Waals surface area contributed by atoms with Crippen LogP contribution < -0.4 is 15.0 Å². The molecule has 0 fully saturated rings. The molecule has 7 heteroatoms. The lowest BCUT2D eigenvalue weighted by atomic mass is 9.99. The second kappa shape index (κ2) is 8.57. The van der Waals surface area contributed by atoms with Gasteiger partial charge in [0.1, 0.15) is 12.3 Å². The van der Waals surface area contributed by atoms with Crippen LogP contribution in [-0.2, 0) is 27.3 Å². The molecule has 2 aliphatic heterocycles. The first-order valence-corrected chi connectivity index (χ1v) is 10.3. The van der Waals surface area contributed by atoms with Gasteiger partial charge in [0.05, 0.1) is 18.0 Å². The summed E-state index contributed by atoms with van der Waals surface area (Å²) in [5.41, 5.74) is 3.61. The van der Waals surface area contributed by atoms with Gasteiger partial charge in [0.15, 0.2) is 0 Å². The van der Waals surface area contributed by atoms with Crippen molar-refractivity contribution >= 4 is 29.1 Å². The molecule has 3 amide bonds. The molecule has 2 heterocycles. The van der Waals surface area contributed by atoms with E-state index in [0.717, 1.165) is 17.7 Å². The molecule has 0 bridgehead atoms. The predicted molar refractivity (Wildman–Crippen MR) is 113 cm³/mol. The molecular weight excluding hydrogens is 382 g/mol. The Morgan fingerprint density at radius 3 is 2.67 bits per heavy atom. The highest BCUT2D eigenvalue weighted by atomic mass is 16.5. The molecule has 0 unspecified atom stereocenters. The number of hydrogen-bond acceptors (Lipinski definition) is 4. The number of amides is 3. The highest BCUT2D eigenvalue weighted by Gasteiger charge is 2.28. The molecule has 1 N–H and O–H groups in total. The highest BCUT2D eigenvalue weighted by Crippen LogP contribution is 2.30. The monoisotopic (exact) mass is 407 g/mol. The van der Waals surface area contributed by atoms with Crippen LogP contribution in [0.3, 0.4) is 0 Å². The largest absolute Gasteiger partial charge is 0.494 e. The van der Waals surface area contributed by atoms with E-state index in [1.807, 2.05) is 31.2 Å². The average Bonchev–Trinajstić information content (AvgIpc) is 2.76. The van der Waals surface area contributed by atoms with Gasteiger partial charge in [-0.25, -0.2) is 0 Å². The number of carbonyl (C=O) groups is 3. The van der Waals surface area contributed by atoms with E-state index < -0.39 is 0 Å². The number of benzene rings is 2. The summed E-state index contributed by atoms with van der Waals surface area (Å²) in [4.78, 5) is 40.7. The number of anilines is 2. The van der Waals surface area contributed by atoms with Gasteiger partial charge in [-0.3, -0.25) is 14.4 Å². The minimum absolute atomic E-state index is 0.0265. The topological polar surface area (TPSA) is 79.0 Å². The molecule has 0 saturated heterocycles. The first-order chi connectivity index (χ1) is 14.5. The number of carbonyl (C=O) groups excluding carboxylic acids is 3. The number of nitrogens with one attached hydrogen (secondary N) is 1. The van der Waals surface area contributed by atoms with Crippen LogP contribution in [-0.4, -0.2) is 42.3 Å². The molecule has 2 aliphatic rings. The fourth-order valence-electron chi connectivity index (χ4n) is 3.97. The summed E-state index contributed by atoms with van der Waals surface area (Å²) in [6, 6.07) is 13.2. The molecule has 7 nitrogen and oxygen atoms in total. The van der Waals surface area contributed by atoms with E-state index in [9.17, 15) is 14.4 Å². The predicted octanol–water partition coefficient (Wildman–Crippen LogP) is 2.74. The minimum Gasteiger partial charge on any atom is -0.494 e. The molecule has 0 aromatic heterocycles. The van der Waals surface area contributed by atoms with Gasteiger partial charge in [0.25, 0.3) is 0 Å². The van der Waals surface area contributed by atoms with Crippen molar-refractivity contribution in [3.63, 3.8) is 0 Å². The van der Waals surface area contributed by atoms with E-state index in [1.165, 1.54) is 10.5 Å². The van der Waals surface area contributed by atoms with Crippen LogP contribution in [0.5, 0.6) is 5.75 Å². The van der Waals surface area contributed by atoms with Crippen LogP contribution in [0.2, 0.25) is 0 Å². The second-order valence-corrected chi connectivity index (χ2v) is 7.47. The second-order valence-electron chi connectivity index (χ2n) is 7.47. The summed E-state index contributed by atoms with van der Waals surface area (Å²) in [6.07, 6.45) is 0.990. The van der Waals surface area contributed by atoms with Gasteiger partial charge >= 0.3 is 0 Å². The van der Waals surface area contributed by atoms with Crippen molar-refractivity contribution in [2.75, 3.05) is 29.9 Å². The van der Waals surface area contributed by atoms with Crippen molar-refractivity contribution in [1.82, 2.24) is 4.90 Å². The van der Waals surface area contributed by atoms with Gasteiger partial charge in [-0.2, -0.15) is 0 Å². The van der Waals surface area contributed by atoms with E-state index in [-0.39, 0.29) is 37.1 Å². The molecule has 0 saturated carbocycles. The van der Waals surface area contributed by atoms with E-state index >= 15 is 0 Å². The molecule has 156 valence electrons. The summed E-state index contributed by atoms with van der Waals surface area (Å²) in [7, 11) is 0. The third kappa shape index (κ3) is 4.15. The standard InChI is InChI=1S/C23H25N3O4/c1-2-30-18-8-7-16-11-12-25(14-17(16)13-18)22(28)9-10-23(29)26-15-21(27)24-19-5-3-4-6-20(19)26/h3-8,13H,2,9-12,14-15H2,1H3,(H,24,27). The van der Waals surface area contributed by atoms with Crippen LogP contribution in [0.1, 0.15) is 30.9 Å². The number of ether oxygens (including phenoxy) is 1. The lowest BCUT2D eigenvalue weighted by Gasteiger charge is -2.31. The third-order valence-corrected chi connectivity index (χ3v) is 5.48. The van der Waals surface area contributed by atoms with Crippen molar-refractivity contribution in [2.45, 2.75) is 32.7 Å². The number of hydrogen-bond donors (Lipinski definition) is 1. The molecule has 2 aromatic carbocycles.